The lowest BCUT2D eigenvalue weighted by Crippen LogP contribution is -2.24. The summed E-state index contributed by atoms with van der Waals surface area (Å²) in [6.45, 7) is 0. The Morgan fingerprint density at radius 3 is 3.00 bits per heavy atom. The van der Waals surface area contributed by atoms with Gasteiger partial charge in [-0.1, -0.05) is 42.7 Å². The van der Waals surface area contributed by atoms with Crippen molar-refractivity contribution in [3.63, 3.8) is 0 Å². The van der Waals surface area contributed by atoms with Crippen molar-refractivity contribution in [1.82, 2.24) is 0 Å². The zero-order valence-electron chi connectivity index (χ0n) is 5.72. The number of fused-ring (bicyclic) bond motifs is 1. The van der Waals surface area contributed by atoms with Gasteiger partial charge >= 0.3 is 0 Å². The van der Waals surface area contributed by atoms with Crippen LogP contribution in [0.4, 0.5) is 0 Å². The molecule has 1 aliphatic heterocycles. The van der Waals surface area contributed by atoms with Crippen LogP contribution in [0.5, 0.6) is 0 Å². The van der Waals surface area contributed by atoms with Crippen molar-refractivity contribution >= 4 is 50.8 Å². The smallest absolute Gasteiger partial charge is 0.0181 e. The maximum atomic E-state index is 3.45. The Morgan fingerprint density at radius 2 is 2.09 bits per heavy atom. The van der Waals surface area contributed by atoms with E-state index in [0.29, 0.717) is 0 Å². The second kappa shape index (κ2) is 3.19. The van der Waals surface area contributed by atoms with Crippen LogP contribution in [0.25, 0.3) is 10.2 Å². The zero-order valence-corrected chi connectivity index (χ0v) is 9.46. The predicted octanol–water partition coefficient (Wildman–Crippen LogP) is 1.75. The third kappa shape index (κ3) is 1.62. The number of hydrogen-bond donors (Lipinski definition) is 0. The molecule has 0 amide bonds. The minimum atomic E-state index is 0.195. The summed E-state index contributed by atoms with van der Waals surface area (Å²) in [5.41, 5.74) is 0. The van der Waals surface area contributed by atoms with Crippen LogP contribution in [0.15, 0.2) is 22.7 Å². The molecule has 0 aliphatic carbocycles. The van der Waals surface area contributed by atoms with Gasteiger partial charge in [0.15, 0.2) is 0 Å². The molecule has 2 rings (SSSR count). The van der Waals surface area contributed by atoms with Crippen LogP contribution in [-0.4, -0.2) is 4.01 Å². The van der Waals surface area contributed by atoms with Gasteiger partial charge in [-0.05, 0) is 36.7 Å². The van der Waals surface area contributed by atoms with Gasteiger partial charge in [-0.15, -0.1) is 0 Å². The number of rotatable bonds is 0. The van der Waals surface area contributed by atoms with E-state index in [4.69, 9.17) is 0 Å². The van der Waals surface area contributed by atoms with E-state index in [1.165, 1.54) is 10.4 Å². The summed E-state index contributed by atoms with van der Waals surface area (Å²) >= 11 is 3.65. The van der Waals surface area contributed by atoms with Crippen LogP contribution in [0.1, 0.15) is 0 Å². The molecule has 0 N–H and O–H groups in total. The molecular formula is C9H6BrI. The minimum absolute atomic E-state index is 0.195. The molecule has 0 saturated heterocycles. The molecule has 0 unspecified atom stereocenters. The highest BCUT2D eigenvalue weighted by molar-refractivity contribution is 14.2. The van der Waals surface area contributed by atoms with Gasteiger partial charge in [0.2, 0.25) is 0 Å². The minimum Gasteiger partial charge on any atom is -0.0931 e. The van der Waals surface area contributed by atoms with Crippen molar-refractivity contribution in [2.24, 2.45) is 0 Å². The van der Waals surface area contributed by atoms with Gasteiger partial charge in [-0.25, -0.2) is 0 Å². The summed E-state index contributed by atoms with van der Waals surface area (Å²) in [6, 6.07) is 6.42. The summed E-state index contributed by atoms with van der Waals surface area (Å²) in [6.07, 6.45) is 2.22. The second-order valence-electron chi connectivity index (χ2n) is 2.30. The van der Waals surface area contributed by atoms with Crippen LogP contribution in [0, 0.1) is 0 Å². The van der Waals surface area contributed by atoms with Crippen molar-refractivity contribution in [3.05, 3.63) is 33.1 Å². The summed E-state index contributed by atoms with van der Waals surface area (Å²) in [5.74, 6) is 0. The molecule has 0 bridgehead atoms. The fraction of sp³-hybridized carbons (Fsp3) is 0. The van der Waals surface area contributed by atoms with E-state index in [1.54, 1.807) is 0 Å². The lowest BCUT2D eigenvalue weighted by atomic mass is 10.2. The summed E-state index contributed by atoms with van der Waals surface area (Å²) in [4.78, 5) is 0. The topological polar surface area (TPSA) is 0 Å². The van der Waals surface area contributed by atoms with E-state index >= 15 is 0 Å². The monoisotopic (exact) mass is 320 g/mol. The van der Waals surface area contributed by atoms with Crippen molar-refractivity contribution < 1.29 is 0 Å². The predicted molar refractivity (Wildman–Crippen MR) is 62.4 cm³/mol. The average molecular weight is 321 g/mol. The molecular weight excluding hydrogens is 315 g/mol. The van der Waals surface area contributed by atoms with Crippen LogP contribution in [0.3, 0.4) is 0 Å². The normalized spacial score (nSPS) is 13.9. The van der Waals surface area contributed by atoms with E-state index in [0.717, 1.165) is 4.47 Å². The molecule has 0 atom stereocenters. The Labute approximate surface area is 83.5 Å². The van der Waals surface area contributed by atoms with Gasteiger partial charge in [-0.2, -0.15) is 0 Å². The molecule has 1 heterocycles. The average Bonchev–Trinajstić information content (AvgIpc) is 2.04. The number of benzene rings is 1. The van der Waals surface area contributed by atoms with E-state index in [9.17, 15) is 0 Å². The molecule has 0 nitrogen and oxygen atoms in total. The standard InChI is InChI=1S/C9H6BrI/c10-9-2-1-8-6-11-4-3-7(8)5-9/h1-6H. The molecule has 11 heavy (non-hydrogen) atoms. The SMILES string of the molecule is Brc1ccc2c(c1)=CC=IC=2. The number of halogens is 2. The first-order valence-corrected chi connectivity index (χ1v) is 6.56. The Morgan fingerprint density at radius 1 is 1.18 bits per heavy atom. The first-order valence-electron chi connectivity index (χ1n) is 3.27. The van der Waals surface area contributed by atoms with Crippen molar-refractivity contribution in [3.8, 4) is 0 Å². The Kier molecular flexibility index (Phi) is 2.23. The van der Waals surface area contributed by atoms with E-state index in [1.807, 2.05) is 0 Å². The Hall–Kier alpha value is 0.0400. The van der Waals surface area contributed by atoms with Crippen LogP contribution >= 0.6 is 36.7 Å². The fourth-order valence-corrected chi connectivity index (χ4v) is 3.13. The zero-order chi connectivity index (χ0) is 7.68. The van der Waals surface area contributed by atoms with Crippen molar-refractivity contribution in [2.75, 3.05) is 0 Å². The van der Waals surface area contributed by atoms with Crippen LogP contribution in [0.2, 0.25) is 0 Å². The quantitative estimate of drug-likeness (QED) is 0.639. The molecule has 1 aromatic carbocycles. The van der Waals surface area contributed by atoms with Crippen LogP contribution < -0.4 is 10.4 Å². The van der Waals surface area contributed by atoms with Crippen molar-refractivity contribution in [2.45, 2.75) is 0 Å². The maximum Gasteiger partial charge on any atom is 0.0181 e. The summed E-state index contributed by atoms with van der Waals surface area (Å²) in [5, 5.41) is 2.73. The third-order valence-electron chi connectivity index (χ3n) is 1.54. The lowest BCUT2D eigenvalue weighted by Gasteiger charge is -1.93. The highest BCUT2D eigenvalue weighted by atomic mass is 127. The van der Waals surface area contributed by atoms with Crippen molar-refractivity contribution in [1.29, 1.82) is 0 Å². The molecule has 0 fully saturated rings. The number of hydrogen-bond acceptors (Lipinski definition) is 0. The Balaban J connectivity index is 2.86. The van der Waals surface area contributed by atoms with Gasteiger partial charge in [0, 0.05) is 4.47 Å². The molecule has 0 radical (unpaired) electrons. The molecule has 0 saturated carbocycles. The van der Waals surface area contributed by atoms with E-state index < -0.39 is 0 Å². The maximum absolute atomic E-state index is 3.45. The largest absolute Gasteiger partial charge is 0.0931 e. The first-order chi connectivity index (χ1) is 5.36. The molecule has 0 spiro atoms. The molecule has 1 aliphatic rings. The first kappa shape index (κ1) is 7.68. The highest BCUT2D eigenvalue weighted by Crippen LogP contribution is 2.04. The third-order valence-corrected chi connectivity index (χ3v) is 3.84. The summed E-state index contributed by atoms with van der Waals surface area (Å²) < 4.78 is 5.79. The molecule has 1 aromatic rings. The Bertz CT molecular complexity index is 418. The van der Waals surface area contributed by atoms with E-state index in [-0.39, 0.29) is 20.7 Å². The molecule has 56 valence electrons. The van der Waals surface area contributed by atoms with Gasteiger partial charge in [0.05, 0.1) is 0 Å². The fourth-order valence-electron chi connectivity index (χ4n) is 0.998. The summed E-state index contributed by atoms with van der Waals surface area (Å²) in [7, 11) is 0. The van der Waals surface area contributed by atoms with Gasteiger partial charge < -0.3 is 0 Å². The van der Waals surface area contributed by atoms with E-state index in [2.05, 4.69) is 48.3 Å². The van der Waals surface area contributed by atoms with Gasteiger partial charge in [0.25, 0.3) is 0 Å². The van der Waals surface area contributed by atoms with Crippen LogP contribution in [-0.2, 0) is 0 Å². The second-order valence-corrected chi connectivity index (χ2v) is 5.28. The van der Waals surface area contributed by atoms with Gasteiger partial charge in [-0.3, -0.25) is 0 Å². The lowest BCUT2D eigenvalue weighted by molar-refractivity contribution is 1.51. The highest BCUT2D eigenvalue weighted by Gasteiger charge is 1.89. The van der Waals surface area contributed by atoms with Gasteiger partial charge in [0.1, 0.15) is 0 Å². The molecule has 2 heteroatoms. The molecule has 0 aromatic heterocycles.